The summed E-state index contributed by atoms with van der Waals surface area (Å²) in [6.45, 7) is 12.6. The molecule has 0 heterocycles. The van der Waals surface area contributed by atoms with Gasteiger partial charge >= 0.3 is 0 Å². The van der Waals surface area contributed by atoms with Gasteiger partial charge in [-0.25, -0.2) is 0 Å². The third kappa shape index (κ3) is 6.36. The summed E-state index contributed by atoms with van der Waals surface area (Å²) in [6, 6.07) is 6.61. The minimum absolute atomic E-state index is 0.456. The van der Waals surface area contributed by atoms with E-state index in [1.165, 1.54) is 5.56 Å². The minimum Gasteiger partial charge on any atom is -0.490 e. The van der Waals surface area contributed by atoms with Crippen molar-refractivity contribution in [2.45, 2.75) is 40.3 Å². The normalized spacial score (nSPS) is 12.5. The van der Waals surface area contributed by atoms with Gasteiger partial charge in [0.15, 0.2) is 11.5 Å². The summed E-state index contributed by atoms with van der Waals surface area (Å²) in [7, 11) is 2.14. The second-order valence-electron chi connectivity index (χ2n) is 5.28. The Hall–Kier alpha value is -1.26. The van der Waals surface area contributed by atoms with Crippen LogP contribution in [-0.2, 0) is 6.54 Å². The van der Waals surface area contributed by atoms with Gasteiger partial charge in [-0.05, 0) is 52.1 Å². The molecule has 1 aromatic carbocycles. The number of hydrogen-bond donors (Lipinski definition) is 1. The summed E-state index contributed by atoms with van der Waals surface area (Å²) in [4.78, 5) is 2.31. The molecular formula is C17H30N2O2. The SMILES string of the molecule is CCOc1ccc(CNC(C)CN(C)CC)cc1OCC. The lowest BCUT2D eigenvalue weighted by Crippen LogP contribution is -2.36. The van der Waals surface area contributed by atoms with Crippen molar-refractivity contribution in [3.05, 3.63) is 23.8 Å². The van der Waals surface area contributed by atoms with E-state index in [-0.39, 0.29) is 0 Å². The molecule has 0 radical (unpaired) electrons. The first kappa shape index (κ1) is 17.8. The van der Waals surface area contributed by atoms with Crippen LogP contribution in [0.4, 0.5) is 0 Å². The molecular weight excluding hydrogens is 264 g/mol. The third-order valence-electron chi connectivity index (χ3n) is 3.39. The van der Waals surface area contributed by atoms with Gasteiger partial charge in [0, 0.05) is 19.1 Å². The van der Waals surface area contributed by atoms with E-state index in [9.17, 15) is 0 Å². The molecule has 1 rings (SSSR count). The Bertz CT molecular complexity index is 410. The van der Waals surface area contributed by atoms with Crippen LogP contribution in [0.5, 0.6) is 11.5 Å². The minimum atomic E-state index is 0.456. The molecule has 0 aliphatic heterocycles. The molecule has 1 atom stereocenters. The van der Waals surface area contributed by atoms with Crippen LogP contribution in [0.3, 0.4) is 0 Å². The van der Waals surface area contributed by atoms with Gasteiger partial charge < -0.3 is 19.7 Å². The monoisotopic (exact) mass is 294 g/mol. The van der Waals surface area contributed by atoms with E-state index >= 15 is 0 Å². The molecule has 0 aliphatic carbocycles. The number of nitrogens with one attached hydrogen (secondary N) is 1. The van der Waals surface area contributed by atoms with Crippen molar-refractivity contribution >= 4 is 0 Å². The van der Waals surface area contributed by atoms with E-state index in [0.29, 0.717) is 19.3 Å². The van der Waals surface area contributed by atoms with Gasteiger partial charge in [0.1, 0.15) is 0 Å². The number of nitrogens with zero attached hydrogens (tertiary/aromatic N) is 1. The van der Waals surface area contributed by atoms with E-state index in [4.69, 9.17) is 9.47 Å². The molecule has 0 aromatic heterocycles. The predicted octanol–water partition coefficient (Wildman–Crippen LogP) is 2.91. The average molecular weight is 294 g/mol. The molecule has 21 heavy (non-hydrogen) atoms. The largest absolute Gasteiger partial charge is 0.490 e. The average Bonchev–Trinajstić information content (AvgIpc) is 2.47. The molecule has 0 saturated carbocycles. The molecule has 1 unspecified atom stereocenters. The van der Waals surface area contributed by atoms with Crippen LogP contribution in [0.2, 0.25) is 0 Å². The molecule has 120 valence electrons. The highest BCUT2D eigenvalue weighted by atomic mass is 16.5. The Labute approximate surface area is 129 Å². The predicted molar refractivity (Wildman–Crippen MR) is 88.3 cm³/mol. The second kappa shape index (κ2) is 9.64. The Morgan fingerprint density at radius 1 is 1.10 bits per heavy atom. The Morgan fingerprint density at radius 2 is 1.76 bits per heavy atom. The van der Waals surface area contributed by atoms with Crippen molar-refractivity contribution in [1.82, 2.24) is 10.2 Å². The van der Waals surface area contributed by atoms with E-state index in [0.717, 1.165) is 31.1 Å². The molecule has 4 heteroatoms. The molecule has 1 N–H and O–H groups in total. The molecule has 1 aromatic rings. The van der Waals surface area contributed by atoms with Gasteiger partial charge in [0.2, 0.25) is 0 Å². The number of ether oxygens (including phenoxy) is 2. The molecule has 0 amide bonds. The zero-order valence-corrected chi connectivity index (χ0v) is 14.1. The van der Waals surface area contributed by atoms with Crippen LogP contribution < -0.4 is 14.8 Å². The number of hydrogen-bond acceptors (Lipinski definition) is 4. The second-order valence-corrected chi connectivity index (χ2v) is 5.28. The quantitative estimate of drug-likeness (QED) is 0.719. The summed E-state index contributed by atoms with van der Waals surface area (Å²) >= 11 is 0. The first-order valence-corrected chi connectivity index (χ1v) is 7.91. The topological polar surface area (TPSA) is 33.7 Å². The van der Waals surface area contributed by atoms with Crippen molar-refractivity contribution in [3.63, 3.8) is 0 Å². The first-order chi connectivity index (χ1) is 10.1. The van der Waals surface area contributed by atoms with Crippen molar-refractivity contribution in [1.29, 1.82) is 0 Å². The van der Waals surface area contributed by atoms with Gasteiger partial charge in [-0.15, -0.1) is 0 Å². The van der Waals surface area contributed by atoms with Crippen molar-refractivity contribution in [2.75, 3.05) is 33.4 Å². The number of benzene rings is 1. The fourth-order valence-corrected chi connectivity index (χ4v) is 2.16. The van der Waals surface area contributed by atoms with Gasteiger partial charge in [-0.2, -0.15) is 0 Å². The van der Waals surface area contributed by atoms with Crippen LogP contribution in [0.1, 0.15) is 33.3 Å². The summed E-state index contributed by atoms with van der Waals surface area (Å²) < 4.78 is 11.2. The Kier molecular flexibility index (Phi) is 8.16. The summed E-state index contributed by atoms with van der Waals surface area (Å²) in [6.07, 6.45) is 0. The standard InChI is InChI=1S/C17H30N2O2/c1-6-19(5)13-14(4)18-12-15-9-10-16(20-7-2)17(11-15)21-8-3/h9-11,14,18H,6-8,12-13H2,1-5H3. The Balaban J connectivity index is 2.60. The van der Waals surface area contributed by atoms with Gasteiger partial charge in [0.05, 0.1) is 13.2 Å². The number of rotatable bonds is 10. The maximum atomic E-state index is 5.66. The van der Waals surface area contributed by atoms with E-state index in [1.54, 1.807) is 0 Å². The first-order valence-electron chi connectivity index (χ1n) is 7.91. The summed E-state index contributed by atoms with van der Waals surface area (Å²) in [5, 5.41) is 3.55. The van der Waals surface area contributed by atoms with Crippen LogP contribution >= 0.6 is 0 Å². The molecule has 0 spiro atoms. The molecule has 0 bridgehead atoms. The maximum Gasteiger partial charge on any atom is 0.161 e. The van der Waals surface area contributed by atoms with Crippen LogP contribution in [0.25, 0.3) is 0 Å². The lowest BCUT2D eigenvalue weighted by Gasteiger charge is -2.21. The van der Waals surface area contributed by atoms with Crippen molar-refractivity contribution < 1.29 is 9.47 Å². The zero-order chi connectivity index (χ0) is 15.7. The highest BCUT2D eigenvalue weighted by molar-refractivity contribution is 5.43. The van der Waals surface area contributed by atoms with E-state index in [1.807, 2.05) is 19.9 Å². The summed E-state index contributed by atoms with van der Waals surface area (Å²) in [5.74, 6) is 1.65. The smallest absolute Gasteiger partial charge is 0.161 e. The maximum absolute atomic E-state index is 5.66. The fourth-order valence-electron chi connectivity index (χ4n) is 2.16. The van der Waals surface area contributed by atoms with Crippen molar-refractivity contribution in [3.8, 4) is 11.5 Å². The van der Waals surface area contributed by atoms with E-state index in [2.05, 4.69) is 43.2 Å². The molecule has 0 fully saturated rings. The zero-order valence-electron chi connectivity index (χ0n) is 14.1. The fraction of sp³-hybridized carbons (Fsp3) is 0.647. The third-order valence-corrected chi connectivity index (χ3v) is 3.39. The van der Waals surface area contributed by atoms with E-state index < -0.39 is 0 Å². The van der Waals surface area contributed by atoms with Crippen LogP contribution in [0.15, 0.2) is 18.2 Å². The molecule has 0 aliphatic rings. The Morgan fingerprint density at radius 3 is 2.38 bits per heavy atom. The molecule has 0 saturated heterocycles. The van der Waals surface area contributed by atoms with Gasteiger partial charge in [-0.3, -0.25) is 0 Å². The summed E-state index contributed by atoms with van der Waals surface area (Å²) in [5.41, 5.74) is 1.22. The number of likely N-dealkylation sites (N-methyl/N-ethyl adjacent to an activating group) is 1. The highest BCUT2D eigenvalue weighted by Gasteiger charge is 2.08. The van der Waals surface area contributed by atoms with Gasteiger partial charge in [-0.1, -0.05) is 13.0 Å². The van der Waals surface area contributed by atoms with Crippen molar-refractivity contribution in [2.24, 2.45) is 0 Å². The molecule has 4 nitrogen and oxygen atoms in total. The van der Waals surface area contributed by atoms with Crippen LogP contribution in [0, 0.1) is 0 Å². The van der Waals surface area contributed by atoms with Gasteiger partial charge in [0.25, 0.3) is 0 Å². The van der Waals surface area contributed by atoms with Crippen LogP contribution in [-0.4, -0.2) is 44.3 Å². The highest BCUT2D eigenvalue weighted by Crippen LogP contribution is 2.28. The lowest BCUT2D eigenvalue weighted by molar-refractivity contribution is 0.287. The lowest BCUT2D eigenvalue weighted by atomic mass is 10.2.